The first-order valence-corrected chi connectivity index (χ1v) is 6.02. The van der Waals surface area contributed by atoms with Crippen molar-refractivity contribution in [2.45, 2.75) is 0 Å². The van der Waals surface area contributed by atoms with E-state index in [9.17, 15) is 0 Å². The Kier molecular flexibility index (Phi) is 2.37. The fourth-order valence-electron chi connectivity index (χ4n) is 1.82. The van der Waals surface area contributed by atoms with Crippen LogP contribution in [0.4, 0.5) is 5.69 Å². The molecular weight excluding hydrogens is 278 g/mol. The lowest BCUT2D eigenvalue weighted by atomic mass is 10.1. The zero-order valence-corrected chi connectivity index (χ0v) is 10.6. The summed E-state index contributed by atoms with van der Waals surface area (Å²) in [4.78, 5) is 4.55. The normalized spacial score (nSPS) is 10.9. The number of aromatic nitrogens is 2. The second-order valence-corrected chi connectivity index (χ2v) is 4.74. The molecule has 2 heterocycles. The summed E-state index contributed by atoms with van der Waals surface area (Å²) in [5.41, 5.74) is 9.46. The lowest BCUT2D eigenvalue weighted by Gasteiger charge is -1.99. The highest BCUT2D eigenvalue weighted by molar-refractivity contribution is 9.10. The lowest BCUT2D eigenvalue weighted by Crippen LogP contribution is -1.88. The van der Waals surface area contributed by atoms with Crippen molar-refractivity contribution in [1.82, 2.24) is 9.38 Å². The van der Waals surface area contributed by atoms with Gasteiger partial charge < -0.3 is 10.1 Å². The van der Waals surface area contributed by atoms with Crippen LogP contribution in [-0.2, 0) is 0 Å². The van der Waals surface area contributed by atoms with Gasteiger partial charge in [-0.05, 0) is 34.1 Å². The summed E-state index contributed by atoms with van der Waals surface area (Å²) in [6, 6.07) is 11.7. The fraction of sp³-hybridized carbons (Fsp3) is 0. The molecule has 0 radical (unpaired) electrons. The molecule has 84 valence electrons. The molecule has 4 heteroatoms. The number of nitrogens with two attached hydrogens (primary N) is 1. The van der Waals surface area contributed by atoms with Crippen molar-refractivity contribution in [3.63, 3.8) is 0 Å². The molecule has 0 unspecified atom stereocenters. The molecule has 0 fully saturated rings. The number of fused-ring (bicyclic) bond motifs is 1. The molecule has 0 aliphatic heterocycles. The van der Waals surface area contributed by atoms with E-state index in [1.807, 2.05) is 53.2 Å². The summed E-state index contributed by atoms with van der Waals surface area (Å²) in [5, 5.41) is 0. The Labute approximate surface area is 107 Å². The number of anilines is 1. The first-order chi connectivity index (χ1) is 8.24. The minimum absolute atomic E-state index is 0.745. The third kappa shape index (κ3) is 1.80. The van der Waals surface area contributed by atoms with Crippen molar-refractivity contribution in [3.8, 4) is 11.3 Å². The summed E-state index contributed by atoms with van der Waals surface area (Å²) in [6.45, 7) is 0. The Bertz CT molecular complexity index is 688. The van der Waals surface area contributed by atoms with Gasteiger partial charge in [-0.15, -0.1) is 0 Å². The highest BCUT2D eigenvalue weighted by atomic mass is 79.9. The monoisotopic (exact) mass is 287 g/mol. The third-order valence-corrected chi connectivity index (χ3v) is 3.12. The van der Waals surface area contributed by atoms with E-state index in [4.69, 9.17) is 5.73 Å². The van der Waals surface area contributed by atoms with E-state index in [1.165, 1.54) is 0 Å². The van der Waals surface area contributed by atoms with Gasteiger partial charge >= 0.3 is 0 Å². The van der Waals surface area contributed by atoms with Crippen molar-refractivity contribution in [2.75, 3.05) is 5.73 Å². The molecule has 0 amide bonds. The molecule has 0 bridgehead atoms. The average molecular weight is 288 g/mol. The van der Waals surface area contributed by atoms with Gasteiger partial charge in [0.15, 0.2) is 0 Å². The predicted octanol–water partition coefficient (Wildman–Crippen LogP) is 3.35. The minimum atomic E-state index is 0.745. The molecule has 0 aliphatic rings. The Morgan fingerprint density at radius 1 is 1.06 bits per heavy atom. The van der Waals surface area contributed by atoms with E-state index < -0.39 is 0 Å². The number of nitrogen functional groups attached to an aromatic ring is 1. The number of rotatable bonds is 1. The predicted molar refractivity (Wildman–Crippen MR) is 72.7 cm³/mol. The van der Waals surface area contributed by atoms with Crippen molar-refractivity contribution in [3.05, 3.63) is 53.3 Å². The van der Waals surface area contributed by atoms with Gasteiger partial charge in [0.25, 0.3) is 0 Å². The van der Waals surface area contributed by atoms with Crippen LogP contribution >= 0.6 is 15.9 Å². The number of hydrogen-bond donors (Lipinski definition) is 1. The molecule has 0 saturated heterocycles. The Morgan fingerprint density at radius 3 is 2.71 bits per heavy atom. The molecule has 17 heavy (non-hydrogen) atoms. The van der Waals surface area contributed by atoms with Gasteiger partial charge in [0, 0.05) is 28.1 Å². The zero-order valence-electron chi connectivity index (χ0n) is 8.97. The number of hydrogen-bond acceptors (Lipinski definition) is 2. The summed E-state index contributed by atoms with van der Waals surface area (Å²) in [6.07, 6.45) is 3.96. The Balaban J connectivity index is 2.22. The number of pyridine rings is 1. The smallest absolute Gasteiger partial charge is 0.137 e. The average Bonchev–Trinajstić information content (AvgIpc) is 2.72. The van der Waals surface area contributed by atoms with Gasteiger partial charge in [0.1, 0.15) is 5.65 Å². The fourth-order valence-corrected chi connectivity index (χ4v) is 2.18. The number of nitrogens with zero attached hydrogens (tertiary/aromatic N) is 2. The first kappa shape index (κ1) is 10.4. The SMILES string of the molecule is Nc1ccccc1-c1cn2cc(Br)ccc2n1. The van der Waals surface area contributed by atoms with E-state index >= 15 is 0 Å². The standard InChI is InChI=1S/C13H10BrN3/c14-9-5-6-13-16-12(8-17(13)7-9)10-3-1-2-4-11(10)15/h1-8H,15H2. The number of para-hydroxylation sites is 1. The van der Waals surface area contributed by atoms with Crippen molar-refractivity contribution >= 4 is 27.3 Å². The third-order valence-electron chi connectivity index (χ3n) is 2.65. The molecular formula is C13H10BrN3. The summed E-state index contributed by atoms with van der Waals surface area (Å²) < 4.78 is 3.00. The Morgan fingerprint density at radius 2 is 1.88 bits per heavy atom. The summed E-state index contributed by atoms with van der Waals surface area (Å²) >= 11 is 3.44. The van der Waals surface area contributed by atoms with Gasteiger partial charge in [0.05, 0.1) is 5.69 Å². The molecule has 0 spiro atoms. The molecule has 3 aromatic rings. The largest absolute Gasteiger partial charge is 0.398 e. The maximum absolute atomic E-state index is 5.95. The van der Waals surface area contributed by atoms with Gasteiger partial charge in [-0.25, -0.2) is 4.98 Å². The highest BCUT2D eigenvalue weighted by Gasteiger charge is 2.06. The maximum Gasteiger partial charge on any atom is 0.137 e. The Hall–Kier alpha value is -1.81. The topological polar surface area (TPSA) is 43.3 Å². The molecule has 3 nitrogen and oxygen atoms in total. The number of benzene rings is 1. The van der Waals surface area contributed by atoms with Gasteiger partial charge in [-0.1, -0.05) is 18.2 Å². The van der Waals surface area contributed by atoms with Crippen LogP contribution in [0.5, 0.6) is 0 Å². The van der Waals surface area contributed by atoms with E-state index in [-0.39, 0.29) is 0 Å². The number of imidazole rings is 1. The molecule has 2 aromatic heterocycles. The van der Waals surface area contributed by atoms with E-state index in [2.05, 4.69) is 20.9 Å². The van der Waals surface area contributed by atoms with Crippen molar-refractivity contribution in [1.29, 1.82) is 0 Å². The minimum Gasteiger partial charge on any atom is -0.398 e. The molecule has 1 aromatic carbocycles. The second kappa shape index (κ2) is 3.89. The quantitative estimate of drug-likeness (QED) is 0.698. The van der Waals surface area contributed by atoms with Gasteiger partial charge in [-0.3, -0.25) is 0 Å². The van der Waals surface area contributed by atoms with Crippen LogP contribution in [0.1, 0.15) is 0 Å². The van der Waals surface area contributed by atoms with E-state index in [1.54, 1.807) is 0 Å². The van der Waals surface area contributed by atoms with Crippen LogP contribution in [0.25, 0.3) is 16.9 Å². The van der Waals surface area contributed by atoms with Crippen LogP contribution in [0.15, 0.2) is 53.3 Å². The van der Waals surface area contributed by atoms with Crippen LogP contribution in [-0.4, -0.2) is 9.38 Å². The van der Waals surface area contributed by atoms with Crippen molar-refractivity contribution < 1.29 is 0 Å². The highest BCUT2D eigenvalue weighted by Crippen LogP contribution is 2.25. The lowest BCUT2D eigenvalue weighted by molar-refractivity contribution is 1.17. The molecule has 3 rings (SSSR count). The van der Waals surface area contributed by atoms with Crippen LogP contribution in [0.3, 0.4) is 0 Å². The maximum atomic E-state index is 5.95. The molecule has 2 N–H and O–H groups in total. The van der Waals surface area contributed by atoms with Crippen molar-refractivity contribution in [2.24, 2.45) is 0 Å². The summed E-state index contributed by atoms with van der Waals surface area (Å²) in [7, 11) is 0. The van der Waals surface area contributed by atoms with Gasteiger partial charge in [0.2, 0.25) is 0 Å². The first-order valence-electron chi connectivity index (χ1n) is 5.23. The second-order valence-electron chi connectivity index (χ2n) is 3.83. The van der Waals surface area contributed by atoms with Crippen LogP contribution < -0.4 is 5.73 Å². The molecule has 0 saturated carbocycles. The zero-order chi connectivity index (χ0) is 11.8. The summed E-state index contributed by atoms with van der Waals surface area (Å²) in [5.74, 6) is 0. The van der Waals surface area contributed by atoms with Crippen LogP contribution in [0.2, 0.25) is 0 Å². The van der Waals surface area contributed by atoms with Crippen LogP contribution in [0, 0.1) is 0 Å². The van der Waals surface area contributed by atoms with E-state index in [0.29, 0.717) is 0 Å². The van der Waals surface area contributed by atoms with Gasteiger partial charge in [-0.2, -0.15) is 0 Å². The van der Waals surface area contributed by atoms with E-state index in [0.717, 1.165) is 27.1 Å². The molecule has 0 aliphatic carbocycles. The molecule has 0 atom stereocenters. The number of halogens is 1.